The van der Waals surface area contributed by atoms with Crippen LogP contribution in [0.1, 0.15) is 23.2 Å². The minimum Gasteiger partial charge on any atom is -0.480 e. The fourth-order valence-corrected chi connectivity index (χ4v) is 3.26. The summed E-state index contributed by atoms with van der Waals surface area (Å²) in [5.41, 5.74) is -0.623. The molecule has 6 nitrogen and oxygen atoms in total. The SMILES string of the molecule is CN1CCC2(CC1)OC[C@@H](C(=O)O)N2C(=O)c1ccc(F)cc1. The molecule has 1 amide bonds. The fraction of sp³-hybridized carbons (Fsp3) is 0.500. The van der Waals surface area contributed by atoms with Crippen molar-refractivity contribution in [2.75, 3.05) is 26.7 Å². The van der Waals surface area contributed by atoms with E-state index in [-0.39, 0.29) is 12.2 Å². The quantitative estimate of drug-likeness (QED) is 0.885. The number of hydrogen-bond acceptors (Lipinski definition) is 4. The zero-order valence-electron chi connectivity index (χ0n) is 12.9. The molecule has 0 saturated carbocycles. The molecule has 1 aromatic carbocycles. The number of benzene rings is 1. The number of amides is 1. The Hall–Kier alpha value is -1.99. The summed E-state index contributed by atoms with van der Waals surface area (Å²) in [6.45, 7) is 1.42. The topological polar surface area (TPSA) is 70.1 Å². The summed E-state index contributed by atoms with van der Waals surface area (Å²) in [5, 5.41) is 9.45. The molecule has 2 heterocycles. The second kappa shape index (κ2) is 5.90. The molecule has 0 aliphatic carbocycles. The standard InChI is InChI=1S/C16H19FN2O4/c1-18-8-6-16(7-9-18)19(13(10-23-16)15(21)22)14(20)11-2-4-12(17)5-3-11/h2-5,13H,6-10H2,1H3,(H,21,22)/t13-/m0/s1. The van der Waals surface area contributed by atoms with Crippen molar-refractivity contribution >= 4 is 11.9 Å². The van der Waals surface area contributed by atoms with Crippen LogP contribution in [0, 0.1) is 5.82 Å². The van der Waals surface area contributed by atoms with E-state index in [0.717, 1.165) is 13.1 Å². The molecular formula is C16H19FN2O4. The molecule has 2 aliphatic rings. The number of nitrogens with zero attached hydrogens (tertiary/aromatic N) is 2. The Bertz CT molecular complexity index is 611. The third-order valence-electron chi connectivity index (χ3n) is 4.62. The Morgan fingerprint density at radius 3 is 2.43 bits per heavy atom. The van der Waals surface area contributed by atoms with Gasteiger partial charge < -0.3 is 14.7 Å². The van der Waals surface area contributed by atoms with Crippen molar-refractivity contribution in [1.29, 1.82) is 0 Å². The van der Waals surface area contributed by atoms with Crippen molar-refractivity contribution in [3.05, 3.63) is 35.6 Å². The van der Waals surface area contributed by atoms with Gasteiger partial charge in [0.05, 0.1) is 6.61 Å². The summed E-state index contributed by atoms with van der Waals surface area (Å²) in [5.74, 6) is -1.96. The number of hydrogen-bond donors (Lipinski definition) is 1. The molecule has 2 fully saturated rings. The van der Waals surface area contributed by atoms with Crippen molar-refractivity contribution in [2.45, 2.75) is 24.6 Å². The highest BCUT2D eigenvalue weighted by molar-refractivity contribution is 5.97. The number of carboxylic acid groups (broad SMARTS) is 1. The van der Waals surface area contributed by atoms with Crippen molar-refractivity contribution in [1.82, 2.24) is 9.80 Å². The summed E-state index contributed by atoms with van der Waals surface area (Å²) in [7, 11) is 1.97. The Kier molecular flexibility index (Phi) is 4.08. The minimum absolute atomic E-state index is 0.0218. The van der Waals surface area contributed by atoms with Crippen LogP contribution in [0.5, 0.6) is 0 Å². The Balaban J connectivity index is 1.94. The van der Waals surface area contributed by atoms with Gasteiger partial charge in [0.15, 0.2) is 6.04 Å². The van der Waals surface area contributed by atoms with Gasteiger partial charge in [0.25, 0.3) is 5.91 Å². The van der Waals surface area contributed by atoms with Gasteiger partial charge in [0.1, 0.15) is 11.5 Å². The molecule has 1 spiro atoms. The number of carbonyl (C=O) groups is 2. The molecule has 0 bridgehead atoms. The summed E-state index contributed by atoms with van der Waals surface area (Å²) in [4.78, 5) is 27.9. The third kappa shape index (κ3) is 2.82. The lowest BCUT2D eigenvalue weighted by molar-refractivity contribution is -0.143. The largest absolute Gasteiger partial charge is 0.480 e. The molecule has 2 aliphatic heterocycles. The van der Waals surface area contributed by atoms with Gasteiger partial charge in [-0.1, -0.05) is 0 Å². The van der Waals surface area contributed by atoms with Gasteiger partial charge in [-0.25, -0.2) is 9.18 Å². The first-order valence-corrected chi connectivity index (χ1v) is 7.57. The van der Waals surface area contributed by atoms with E-state index in [1.165, 1.54) is 29.2 Å². The van der Waals surface area contributed by atoms with Gasteiger partial charge in [0.2, 0.25) is 0 Å². The highest BCUT2D eigenvalue weighted by atomic mass is 19.1. The van der Waals surface area contributed by atoms with Crippen LogP contribution in [-0.2, 0) is 9.53 Å². The molecule has 1 aromatic rings. The summed E-state index contributed by atoms with van der Waals surface area (Å²) in [6.07, 6.45) is 1.11. The molecular weight excluding hydrogens is 303 g/mol. The van der Waals surface area contributed by atoms with Crippen LogP contribution in [0.15, 0.2) is 24.3 Å². The van der Waals surface area contributed by atoms with Crippen molar-refractivity contribution in [3.8, 4) is 0 Å². The average molecular weight is 322 g/mol. The van der Waals surface area contributed by atoms with E-state index in [4.69, 9.17) is 4.74 Å². The lowest BCUT2D eigenvalue weighted by atomic mass is 9.97. The highest BCUT2D eigenvalue weighted by Crippen LogP contribution is 2.38. The number of carbonyl (C=O) groups excluding carboxylic acids is 1. The molecule has 0 unspecified atom stereocenters. The second-order valence-corrected chi connectivity index (χ2v) is 6.10. The molecule has 2 saturated heterocycles. The highest BCUT2D eigenvalue weighted by Gasteiger charge is 2.53. The maximum Gasteiger partial charge on any atom is 0.328 e. The van der Waals surface area contributed by atoms with Gasteiger partial charge in [-0.05, 0) is 31.3 Å². The van der Waals surface area contributed by atoms with E-state index in [1.54, 1.807) is 0 Å². The van der Waals surface area contributed by atoms with Crippen LogP contribution in [0.4, 0.5) is 4.39 Å². The minimum atomic E-state index is -1.09. The van der Waals surface area contributed by atoms with E-state index >= 15 is 0 Å². The van der Waals surface area contributed by atoms with Crippen molar-refractivity contribution in [2.24, 2.45) is 0 Å². The lowest BCUT2D eigenvalue weighted by Gasteiger charge is -2.43. The molecule has 7 heteroatoms. The van der Waals surface area contributed by atoms with Gasteiger partial charge in [-0.2, -0.15) is 0 Å². The zero-order chi connectivity index (χ0) is 16.6. The molecule has 1 atom stereocenters. The van der Waals surface area contributed by atoms with Gasteiger partial charge in [0, 0.05) is 31.5 Å². The van der Waals surface area contributed by atoms with Crippen molar-refractivity contribution in [3.63, 3.8) is 0 Å². The van der Waals surface area contributed by atoms with Crippen LogP contribution >= 0.6 is 0 Å². The van der Waals surface area contributed by atoms with Crippen molar-refractivity contribution < 1.29 is 23.8 Å². The summed E-state index contributed by atoms with van der Waals surface area (Å²) in [6, 6.07) is 4.12. The first-order chi connectivity index (χ1) is 10.9. The van der Waals surface area contributed by atoms with E-state index in [2.05, 4.69) is 4.90 Å². The van der Waals surface area contributed by atoms with Gasteiger partial charge in [-0.3, -0.25) is 9.69 Å². The number of aliphatic carboxylic acids is 1. The number of halogens is 1. The number of piperidine rings is 1. The number of ether oxygens (including phenoxy) is 1. The summed E-state index contributed by atoms with van der Waals surface area (Å²) < 4.78 is 18.9. The Morgan fingerprint density at radius 1 is 1.26 bits per heavy atom. The second-order valence-electron chi connectivity index (χ2n) is 6.10. The Morgan fingerprint density at radius 2 is 1.87 bits per heavy atom. The number of likely N-dealkylation sites (tertiary alicyclic amines) is 1. The smallest absolute Gasteiger partial charge is 0.328 e. The van der Waals surface area contributed by atoms with E-state index in [9.17, 15) is 19.1 Å². The van der Waals surface area contributed by atoms with Gasteiger partial charge >= 0.3 is 5.97 Å². The van der Waals surface area contributed by atoms with Crippen LogP contribution in [0.2, 0.25) is 0 Å². The van der Waals surface area contributed by atoms with Gasteiger partial charge in [-0.15, -0.1) is 0 Å². The first kappa shape index (κ1) is 15.9. The van der Waals surface area contributed by atoms with Crippen LogP contribution in [0.25, 0.3) is 0 Å². The molecule has 124 valence electrons. The predicted octanol–water partition coefficient (Wildman–Crippen LogP) is 1.17. The zero-order valence-corrected chi connectivity index (χ0v) is 12.9. The molecule has 23 heavy (non-hydrogen) atoms. The maximum absolute atomic E-state index is 13.1. The monoisotopic (exact) mass is 322 g/mol. The Labute approximate surface area is 133 Å². The lowest BCUT2D eigenvalue weighted by Crippen LogP contribution is -2.57. The van der Waals surface area contributed by atoms with Crippen LogP contribution in [-0.4, -0.2) is 65.3 Å². The van der Waals surface area contributed by atoms with E-state index in [1.807, 2.05) is 7.05 Å². The molecule has 0 aromatic heterocycles. The van der Waals surface area contributed by atoms with Crippen LogP contribution < -0.4 is 0 Å². The third-order valence-corrected chi connectivity index (χ3v) is 4.62. The van der Waals surface area contributed by atoms with Crippen LogP contribution in [0.3, 0.4) is 0 Å². The molecule has 1 N–H and O–H groups in total. The summed E-state index contributed by atoms with van der Waals surface area (Å²) >= 11 is 0. The number of rotatable bonds is 2. The average Bonchev–Trinajstić information content (AvgIpc) is 2.90. The van der Waals surface area contributed by atoms with E-state index < -0.39 is 29.5 Å². The van der Waals surface area contributed by atoms with E-state index in [0.29, 0.717) is 12.8 Å². The molecule has 0 radical (unpaired) electrons. The predicted molar refractivity (Wildman–Crippen MR) is 79.4 cm³/mol. The fourth-order valence-electron chi connectivity index (χ4n) is 3.26. The first-order valence-electron chi connectivity index (χ1n) is 7.57. The maximum atomic E-state index is 13.1. The number of carboxylic acids is 1. The molecule has 3 rings (SSSR count). The normalized spacial score (nSPS) is 24.1.